The fourth-order valence-corrected chi connectivity index (χ4v) is 8.18. The van der Waals surface area contributed by atoms with Crippen molar-refractivity contribution in [2.75, 3.05) is 5.32 Å². The molecular formula is C23H25BrN2O3S. The minimum Gasteiger partial charge on any atom is -0.452 e. The summed E-state index contributed by atoms with van der Waals surface area (Å²) < 4.78 is 5.79. The van der Waals surface area contributed by atoms with Gasteiger partial charge in [-0.25, -0.2) is 4.98 Å². The Kier molecular flexibility index (Phi) is 5.01. The Balaban J connectivity index is 1.23. The van der Waals surface area contributed by atoms with Gasteiger partial charge < -0.3 is 4.74 Å². The number of benzene rings is 1. The Labute approximate surface area is 188 Å². The molecule has 4 fully saturated rings. The quantitative estimate of drug-likeness (QED) is 0.450. The van der Waals surface area contributed by atoms with E-state index < -0.39 is 11.5 Å². The minimum absolute atomic E-state index is 0.0797. The van der Waals surface area contributed by atoms with Gasteiger partial charge in [-0.2, -0.15) is 0 Å². The molecule has 1 N–H and O–H groups in total. The molecule has 0 spiro atoms. The van der Waals surface area contributed by atoms with Crippen LogP contribution in [0.5, 0.6) is 0 Å². The van der Waals surface area contributed by atoms with Gasteiger partial charge in [-0.1, -0.05) is 46.3 Å². The second-order valence-electron chi connectivity index (χ2n) is 9.33. The highest BCUT2D eigenvalue weighted by atomic mass is 79.9. The van der Waals surface area contributed by atoms with Gasteiger partial charge in [0.05, 0.1) is 11.1 Å². The summed E-state index contributed by atoms with van der Waals surface area (Å²) in [6.45, 7) is 1.64. The molecule has 1 heterocycles. The summed E-state index contributed by atoms with van der Waals surface area (Å²) >= 11 is 5.29. The summed E-state index contributed by atoms with van der Waals surface area (Å²) in [6.07, 6.45) is 5.32. The number of nitrogens with zero attached hydrogens (tertiary/aromatic N) is 1. The molecule has 4 aliphatic rings. The lowest BCUT2D eigenvalue weighted by Crippen LogP contribution is -2.56. The van der Waals surface area contributed by atoms with Gasteiger partial charge in [-0.3, -0.25) is 14.9 Å². The van der Waals surface area contributed by atoms with E-state index in [1.807, 2.05) is 35.7 Å². The third-order valence-corrected chi connectivity index (χ3v) is 8.57. The second kappa shape index (κ2) is 7.45. The number of halogens is 1. The molecule has 1 aromatic heterocycles. The van der Waals surface area contributed by atoms with Gasteiger partial charge in [0, 0.05) is 15.3 Å². The summed E-state index contributed by atoms with van der Waals surface area (Å²) in [4.78, 5) is 30.3. The van der Waals surface area contributed by atoms with Crippen molar-refractivity contribution >= 4 is 44.3 Å². The first kappa shape index (κ1) is 20.2. The Bertz CT molecular complexity index is 962. The standard InChI is InChI=1S/C23H25BrN2O3S/c1-14(19(27)26-21-25-18(12-30-21)17-5-3-2-4-6-17)29-20(28)22-8-15-7-16(9-22)11-23(24,10-15)13-22/h2-6,12,14-16H,7-11,13H2,1H3,(H,25,26,27)/t14-,15+,16+,22?,23?/m0/s1. The fraction of sp³-hybridized carbons (Fsp3) is 0.522. The van der Waals surface area contributed by atoms with E-state index in [1.54, 1.807) is 6.92 Å². The molecule has 2 aromatic rings. The first-order chi connectivity index (χ1) is 14.3. The number of amides is 1. The van der Waals surface area contributed by atoms with Crippen LogP contribution in [-0.2, 0) is 14.3 Å². The third-order valence-electron chi connectivity index (χ3n) is 6.88. The predicted octanol–water partition coefficient (Wildman–Crippen LogP) is 5.41. The van der Waals surface area contributed by atoms with Crippen LogP contribution < -0.4 is 5.32 Å². The van der Waals surface area contributed by atoms with Crippen molar-refractivity contribution in [1.82, 2.24) is 4.98 Å². The maximum atomic E-state index is 13.2. The first-order valence-electron chi connectivity index (χ1n) is 10.6. The number of carbonyl (C=O) groups excluding carboxylic acids is 2. The van der Waals surface area contributed by atoms with Gasteiger partial charge in [0.2, 0.25) is 0 Å². The molecule has 30 heavy (non-hydrogen) atoms. The molecule has 0 unspecified atom stereocenters. The van der Waals surface area contributed by atoms with Crippen LogP contribution >= 0.6 is 27.3 Å². The molecule has 4 aliphatic carbocycles. The zero-order valence-corrected chi connectivity index (χ0v) is 19.3. The van der Waals surface area contributed by atoms with Crippen LogP contribution in [0.15, 0.2) is 35.7 Å². The Morgan fingerprint density at radius 3 is 2.57 bits per heavy atom. The number of alkyl halides is 1. The second-order valence-corrected chi connectivity index (χ2v) is 11.9. The number of hydrogen-bond acceptors (Lipinski definition) is 5. The van der Waals surface area contributed by atoms with E-state index >= 15 is 0 Å². The lowest BCUT2D eigenvalue weighted by Gasteiger charge is -2.58. The summed E-state index contributed by atoms with van der Waals surface area (Å²) in [7, 11) is 0. The number of hydrogen-bond donors (Lipinski definition) is 1. The number of anilines is 1. The van der Waals surface area contributed by atoms with E-state index in [-0.39, 0.29) is 16.2 Å². The van der Waals surface area contributed by atoms with Crippen molar-refractivity contribution in [3.8, 4) is 11.3 Å². The lowest BCUT2D eigenvalue weighted by molar-refractivity contribution is -0.175. The van der Waals surface area contributed by atoms with E-state index in [4.69, 9.17) is 4.74 Å². The molecular weight excluding hydrogens is 464 g/mol. The van der Waals surface area contributed by atoms with E-state index in [1.165, 1.54) is 17.8 Å². The monoisotopic (exact) mass is 488 g/mol. The molecule has 0 aliphatic heterocycles. The highest BCUT2D eigenvalue weighted by Crippen LogP contribution is 2.64. The average molecular weight is 489 g/mol. The van der Waals surface area contributed by atoms with Crippen molar-refractivity contribution < 1.29 is 14.3 Å². The minimum atomic E-state index is -0.846. The lowest BCUT2D eigenvalue weighted by atomic mass is 9.49. The molecule has 7 heteroatoms. The first-order valence-corrected chi connectivity index (χ1v) is 12.2. The number of thiazole rings is 1. The van der Waals surface area contributed by atoms with Crippen LogP contribution in [0.25, 0.3) is 11.3 Å². The maximum Gasteiger partial charge on any atom is 0.312 e. The van der Waals surface area contributed by atoms with Gasteiger partial charge in [0.1, 0.15) is 0 Å². The molecule has 3 atom stereocenters. The fourth-order valence-electron chi connectivity index (χ4n) is 6.01. The highest BCUT2D eigenvalue weighted by molar-refractivity contribution is 9.10. The molecule has 5 nitrogen and oxygen atoms in total. The summed E-state index contributed by atoms with van der Waals surface area (Å²) in [5, 5.41) is 5.22. The SMILES string of the molecule is C[C@H](OC(=O)C12C[C@H]3C[C@@H](CC(Br)(C3)C1)C2)C(=O)Nc1nc(-c2ccccc2)cs1. The largest absolute Gasteiger partial charge is 0.452 e. The van der Waals surface area contributed by atoms with Crippen molar-refractivity contribution in [2.45, 2.75) is 55.9 Å². The Hall–Kier alpha value is -1.73. The maximum absolute atomic E-state index is 13.2. The molecule has 1 amide bonds. The summed E-state index contributed by atoms with van der Waals surface area (Å²) in [5.41, 5.74) is 1.39. The number of nitrogens with one attached hydrogen (secondary N) is 1. The zero-order valence-electron chi connectivity index (χ0n) is 16.9. The summed E-state index contributed by atoms with van der Waals surface area (Å²) in [6, 6.07) is 9.82. The summed E-state index contributed by atoms with van der Waals surface area (Å²) in [5.74, 6) is 0.644. The van der Waals surface area contributed by atoms with Crippen LogP contribution in [0.1, 0.15) is 45.4 Å². The number of ether oxygens (including phenoxy) is 1. The van der Waals surface area contributed by atoms with Crippen LogP contribution in [0.3, 0.4) is 0 Å². The van der Waals surface area contributed by atoms with Crippen LogP contribution in [0.2, 0.25) is 0 Å². The number of aromatic nitrogens is 1. The Morgan fingerprint density at radius 1 is 1.20 bits per heavy atom. The van der Waals surface area contributed by atoms with Crippen LogP contribution in [-0.4, -0.2) is 27.3 Å². The average Bonchev–Trinajstić information content (AvgIpc) is 3.15. The normalized spacial score (nSPS) is 32.6. The van der Waals surface area contributed by atoms with Crippen LogP contribution in [0.4, 0.5) is 5.13 Å². The topological polar surface area (TPSA) is 68.3 Å². The molecule has 4 saturated carbocycles. The van der Waals surface area contributed by atoms with Crippen molar-refractivity contribution in [3.63, 3.8) is 0 Å². The predicted molar refractivity (Wildman–Crippen MR) is 121 cm³/mol. The van der Waals surface area contributed by atoms with Gasteiger partial charge in [0.15, 0.2) is 11.2 Å². The smallest absolute Gasteiger partial charge is 0.312 e. The van der Waals surface area contributed by atoms with Crippen molar-refractivity contribution in [2.24, 2.45) is 17.3 Å². The molecule has 1 aromatic carbocycles. The Morgan fingerprint density at radius 2 is 1.90 bits per heavy atom. The highest BCUT2D eigenvalue weighted by Gasteiger charge is 2.60. The van der Waals surface area contributed by atoms with E-state index in [0.29, 0.717) is 17.0 Å². The van der Waals surface area contributed by atoms with E-state index in [0.717, 1.165) is 43.4 Å². The van der Waals surface area contributed by atoms with Crippen LogP contribution in [0, 0.1) is 17.3 Å². The third kappa shape index (κ3) is 3.71. The molecule has 6 rings (SSSR count). The van der Waals surface area contributed by atoms with Gasteiger partial charge in [-0.15, -0.1) is 11.3 Å². The number of rotatable bonds is 5. The molecule has 0 radical (unpaired) electrons. The van der Waals surface area contributed by atoms with Crippen molar-refractivity contribution in [3.05, 3.63) is 35.7 Å². The van der Waals surface area contributed by atoms with Gasteiger partial charge in [0.25, 0.3) is 5.91 Å². The van der Waals surface area contributed by atoms with E-state index in [2.05, 4.69) is 26.2 Å². The number of carbonyl (C=O) groups is 2. The zero-order chi connectivity index (χ0) is 20.9. The number of esters is 1. The van der Waals surface area contributed by atoms with Crippen molar-refractivity contribution in [1.29, 1.82) is 0 Å². The molecule has 4 bridgehead atoms. The van der Waals surface area contributed by atoms with Gasteiger partial charge in [-0.05, 0) is 57.3 Å². The molecule has 158 valence electrons. The van der Waals surface area contributed by atoms with Gasteiger partial charge >= 0.3 is 5.97 Å². The van der Waals surface area contributed by atoms with E-state index in [9.17, 15) is 9.59 Å². The molecule has 0 saturated heterocycles.